The van der Waals surface area contributed by atoms with Gasteiger partial charge < -0.3 is 10.2 Å². The first-order chi connectivity index (χ1) is 21.7. The zero-order chi connectivity index (χ0) is 33.6. The van der Waals surface area contributed by atoms with E-state index in [9.17, 15) is 18.0 Å². The van der Waals surface area contributed by atoms with E-state index in [2.05, 4.69) is 5.32 Å². The van der Waals surface area contributed by atoms with Gasteiger partial charge in [0.15, 0.2) is 0 Å². The van der Waals surface area contributed by atoms with Gasteiger partial charge in [-0.05, 0) is 75.2 Å². The first-order valence-corrected chi connectivity index (χ1v) is 17.2. The number of hydrogen-bond acceptors (Lipinski definition) is 4. The summed E-state index contributed by atoms with van der Waals surface area (Å²) >= 11 is 19.6. The average Bonchev–Trinajstić information content (AvgIpc) is 3.00. The Morgan fingerprint density at radius 3 is 1.91 bits per heavy atom. The van der Waals surface area contributed by atoms with Crippen LogP contribution in [0.3, 0.4) is 0 Å². The van der Waals surface area contributed by atoms with E-state index in [0.29, 0.717) is 26.2 Å². The molecule has 2 amide bonds. The monoisotopic (exact) mass is 699 g/mol. The van der Waals surface area contributed by atoms with Crippen LogP contribution in [0.1, 0.15) is 37.5 Å². The van der Waals surface area contributed by atoms with Gasteiger partial charge in [0, 0.05) is 39.1 Å². The standard InChI is InChI=1S/C35H36Cl3N3O4S/c1-24-28(36)17-12-20-31(24)41(46(44,45)26-15-9-6-10-16-26)23-33(42)40(22-27-29(37)18-11-19-30(27)38)32(34(43)39-35(2,3)4)21-25-13-7-5-8-14-25/h5-20,32H,21-23H2,1-4H3,(H,39,43)/t32-/m1/s1. The highest BCUT2D eigenvalue weighted by Crippen LogP contribution is 2.32. The van der Waals surface area contributed by atoms with E-state index in [-0.39, 0.29) is 23.5 Å². The van der Waals surface area contributed by atoms with Gasteiger partial charge in [0.25, 0.3) is 10.0 Å². The van der Waals surface area contributed by atoms with Crippen LogP contribution in [-0.4, -0.2) is 43.3 Å². The second kappa shape index (κ2) is 14.9. The largest absolute Gasteiger partial charge is 0.350 e. The van der Waals surface area contributed by atoms with Gasteiger partial charge in [-0.25, -0.2) is 8.42 Å². The minimum atomic E-state index is -4.27. The predicted molar refractivity (Wildman–Crippen MR) is 186 cm³/mol. The fourth-order valence-corrected chi connectivity index (χ4v) is 7.14. The molecule has 1 atom stereocenters. The van der Waals surface area contributed by atoms with Crippen molar-refractivity contribution in [1.29, 1.82) is 0 Å². The van der Waals surface area contributed by atoms with Crippen molar-refractivity contribution < 1.29 is 18.0 Å². The van der Waals surface area contributed by atoms with Crippen molar-refractivity contribution in [1.82, 2.24) is 10.2 Å². The molecule has 4 rings (SSSR count). The van der Waals surface area contributed by atoms with Crippen molar-refractivity contribution in [3.05, 3.63) is 129 Å². The number of sulfonamides is 1. The van der Waals surface area contributed by atoms with Gasteiger partial charge >= 0.3 is 0 Å². The van der Waals surface area contributed by atoms with E-state index >= 15 is 0 Å². The fraction of sp³-hybridized carbons (Fsp3) is 0.257. The molecule has 0 radical (unpaired) electrons. The summed E-state index contributed by atoms with van der Waals surface area (Å²) < 4.78 is 29.4. The molecule has 0 saturated heterocycles. The highest BCUT2D eigenvalue weighted by atomic mass is 35.5. The number of nitrogens with one attached hydrogen (secondary N) is 1. The van der Waals surface area contributed by atoms with Crippen molar-refractivity contribution in [3.8, 4) is 0 Å². The Balaban J connectivity index is 1.88. The second-order valence-electron chi connectivity index (χ2n) is 11.9. The second-order valence-corrected chi connectivity index (χ2v) is 15.0. The molecule has 0 heterocycles. The predicted octanol–water partition coefficient (Wildman–Crippen LogP) is 7.71. The van der Waals surface area contributed by atoms with Crippen LogP contribution in [0, 0.1) is 6.92 Å². The van der Waals surface area contributed by atoms with Crippen LogP contribution in [0.2, 0.25) is 15.1 Å². The molecule has 0 bridgehead atoms. The van der Waals surface area contributed by atoms with Gasteiger partial charge in [-0.3, -0.25) is 13.9 Å². The topological polar surface area (TPSA) is 86.8 Å². The van der Waals surface area contributed by atoms with Crippen LogP contribution >= 0.6 is 34.8 Å². The number of halogens is 3. The lowest BCUT2D eigenvalue weighted by molar-refractivity contribution is -0.140. The number of benzene rings is 4. The van der Waals surface area contributed by atoms with Crippen LogP contribution in [-0.2, 0) is 32.6 Å². The molecule has 0 aliphatic rings. The van der Waals surface area contributed by atoms with Gasteiger partial charge in [0.05, 0.1) is 10.6 Å². The first-order valence-electron chi connectivity index (χ1n) is 14.6. The molecule has 0 saturated carbocycles. The molecule has 7 nitrogen and oxygen atoms in total. The summed E-state index contributed by atoms with van der Waals surface area (Å²) in [6.45, 7) is 6.44. The molecule has 0 spiro atoms. The number of amides is 2. The van der Waals surface area contributed by atoms with Crippen molar-refractivity contribution in [2.24, 2.45) is 0 Å². The first kappa shape index (κ1) is 35.3. The molecule has 4 aromatic carbocycles. The van der Waals surface area contributed by atoms with E-state index in [1.807, 2.05) is 51.1 Å². The Morgan fingerprint density at radius 1 is 0.783 bits per heavy atom. The lowest BCUT2D eigenvalue weighted by Crippen LogP contribution is -2.56. The molecule has 242 valence electrons. The zero-order valence-electron chi connectivity index (χ0n) is 26.0. The van der Waals surface area contributed by atoms with E-state index in [1.165, 1.54) is 17.0 Å². The van der Waals surface area contributed by atoms with E-state index in [0.717, 1.165) is 9.87 Å². The normalized spacial score (nSPS) is 12.3. The minimum Gasteiger partial charge on any atom is -0.350 e. The summed E-state index contributed by atoms with van der Waals surface area (Å²) in [4.78, 5) is 30.0. The number of nitrogens with zero attached hydrogens (tertiary/aromatic N) is 2. The molecule has 0 aliphatic heterocycles. The number of carbonyl (C=O) groups is 2. The maximum atomic E-state index is 14.7. The quantitative estimate of drug-likeness (QED) is 0.174. The lowest BCUT2D eigenvalue weighted by Gasteiger charge is -2.36. The van der Waals surface area contributed by atoms with Gasteiger partial charge in [-0.2, -0.15) is 0 Å². The summed E-state index contributed by atoms with van der Waals surface area (Å²) in [5.74, 6) is -1.05. The molecular weight excluding hydrogens is 665 g/mol. The molecule has 4 aromatic rings. The third-order valence-corrected chi connectivity index (χ3v) is 10.2. The third kappa shape index (κ3) is 8.62. The fourth-order valence-electron chi connectivity index (χ4n) is 4.96. The zero-order valence-corrected chi connectivity index (χ0v) is 29.1. The number of rotatable bonds is 11. The van der Waals surface area contributed by atoms with Crippen LogP contribution < -0.4 is 9.62 Å². The summed E-state index contributed by atoms with van der Waals surface area (Å²) in [6, 6.07) is 25.9. The molecule has 1 N–H and O–H groups in total. The van der Waals surface area contributed by atoms with Crippen molar-refractivity contribution in [2.45, 2.75) is 57.1 Å². The van der Waals surface area contributed by atoms with Crippen molar-refractivity contribution in [3.63, 3.8) is 0 Å². The average molecular weight is 701 g/mol. The lowest BCUT2D eigenvalue weighted by atomic mass is 10.0. The summed E-state index contributed by atoms with van der Waals surface area (Å²) in [6.07, 6.45) is 0.151. The number of anilines is 1. The molecule has 0 unspecified atom stereocenters. The Morgan fingerprint density at radius 2 is 1.33 bits per heavy atom. The molecule has 0 aromatic heterocycles. The Bertz CT molecular complexity index is 1780. The summed E-state index contributed by atoms with van der Waals surface area (Å²) in [5, 5.41) is 3.95. The maximum absolute atomic E-state index is 14.7. The maximum Gasteiger partial charge on any atom is 0.264 e. The highest BCUT2D eigenvalue weighted by Gasteiger charge is 2.36. The Kier molecular flexibility index (Phi) is 11.4. The van der Waals surface area contributed by atoms with Crippen LogP contribution in [0.5, 0.6) is 0 Å². The number of carbonyl (C=O) groups excluding carboxylic acids is 2. The third-order valence-electron chi connectivity index (χ3n) is 7.28. The summed E-state index contributed by atoms with van der Waals surface area (Å²) in [5.41, 5.74) is 1.32. The molecule has 0 fully saturated rings. The van der Waals surface area contributed by atoms with E-state index in [4.69, 9.17) is 34.8 Å². The van der Waals surface area contributed by atoms with Gasteiger partial charge in [0.2, 0.25) is 11.8 Å². The molecule has 46 heavy (non-hydrogen) atoms. The van der Waals surface area contributed by atoms with Gasteiger partial charge in [-0.15, -0.1) is 0 Å². The summed E-state index contributed by atoms with van der Waals surface area (Å²) in [7, 11) is -4.27. The Hall–Kier alpha value is -3.56. The van der Waals surface area contributed by atoms with Crippen LogP contribution in [0.15, 0.2) is 102 Å². The van der Waals surface area contributed by atoms with Crippen LogP contribution in [0.4, 0.5) is 5.69 Å². The van der Waals surface area contributed by atoms with Crippen molar-refractivity contribution in [2.75, 3.05) is 10.8 Å². The number of hydrogen-bond donors (Lipinski definition) is 1. The SMILES string of the molecule is Cc1c(Cl)cccc1N(CC(=O)N(Cc1c(Cl)cccc1Cl)[C@H](Cc1ccccc1)C(=O)NC(C)(C)C)S(=O)(=O)c1ccccc1. The van der Waals surface area contributed by atoms with E-state index in [1.54, 1.807) is 61.5 Å². The van der Waals surface area contributed by atoms with Gasteiger partial charge in [-0.1, -0.05) is 95.5 Å². The molecular formula is C35H36Cl3N3O4S. The van der Waals surface area contributed by atoms with Crippen LogP contribution in [0.25, 0.3) is 0 Å². The molecule has 0 aliphatic carbocycles. The smallest absolute Gasteiger partial charge is 0.264 e. The highest BCUT2D eigenvalue weighted by molar-refractivity contribution is 7.92. The van der Waals surface area contributed by atoms with Crippen molar-refractivity contribution >= 4 is 62.3 Å². The van der Waals surface area contributed by atoms with Gasteiger partial charge in [0.1, 0.15) is 12.6 Å². The van der Waals surface area contributed by atoms with E-state index < -0.39 is 40.0 Å². The Labute approximate surface area is 286 Å². The molecule has 11 heteroatoms. The minimum absolute atomic E-state index is 0.00538.